The first-order valence-electron chi connectivity index (χ1n) is 5.83. The Bertz CT molecular complexity index is 856. The SMILES string of the molecule is Cc1cc(Cc2nc3cc(F)c(Br)cc3c(=O)[nH]2)no1. The quantitative estimate of drug-likeness (QED) is 0.780. The van der Waals surface area contributed by atoms with Gasteiger partial charge in [0.2, 0.25) is 0 Å². The Morgan fingerprint density at radius 2 is 2.20 bits per heavy atom. The van der Waals surface area contributed by atoms with Gasteiger partial charge in [0.1, 0.15) is 17.4 Å². The number of H-pyrrole nitrogens is 1. The molecule has 0 fully saturated rings. The average molecular weight is 338 g/mol. The molecular formula is C13H9BrFN3O2. The zero-order valence-electron chi connectivity index (χ0n) is 10.4. The van der Waals surface area contributed by atoms with Gasteiger partial charge in [0.05, 0.1) is 27.5 Å². The van der Waals surface area contributed by atoms with Crippen molar-refractivity contribution in [3.05, 3.63) is 56.1 Å². The number of fused-ring (bicyclic) bond motifs is 1. The molecule has 0 saturated heterocycles. The summed E-state index contributed by atoms with van der Waals surface area (Å²) in [7, 11) is 0. The molecule has 0 spiro atoms. The van der Waals surface area contributed by atoms with Gasteiger partial charge in [-0.15, -0.1) is 0 Å². The van der Waals surface area contributed by atoms with Gasteiger partial charge in [-0.05, 0) is 28.9 Å². The van der Waals surface area contributed by atoms with Crippen LogP contribution in [0.25, 0.3) is 10.9 Å². The smallest absolute Gasteiger partial charge is 0.258 e. The number of rotatable bonds is 2. The van der Waals surface area contributed by atoms with E-state index in [-0.39, 0.29) is 10.0 Å². The number of aromatic nitrogens is 3. The van der Waals surface area contributed by atoms with E-state index in [1.165, 1.54) is 12.1 Å². The largest absolute Gasteiger partial charge is 0.361 e. The minimum atomic E-state index is -0.459. The summed E-state index contributed by atoms with van der Waals surface area (Å²) in [6, 6.07) is 4.40. The second kappa shape index (κ2) is 4.82. The van der Waals surface area contributed by atoms with Crippen molar-refractivity contribution in [1.29, 1.82) is 0 Å². The molecule has 1 N–H and O–H groups in total. The van der Waals surface area contributed by atoms with Crippen molar-refractivity contribution in [3.8, 4) is 0 Å². The number of benzene rings is 1. The molecule has 0 atom stereocenters. The van der Waals surface area contributed by atoms with Crippen molar-refractivity contribution in [3.63, 3.8) is 0 Å². The molecule has 3 aromatic rings. The Balaban J connectivity index is 2.09. The second-order valence-corrected chi connectivity index (χ2v) is 5.26. The van der Waals surface area contributed by atoms with Crippen LogP contribution in [-0.2, 0) is 6.42 Å². The van der Waals surface area contributed by atoms with E-state index in [9.17, 15) is 9.18 Å². The molecule has 0 aliphatic heterocycles. The van der Waals surface area contributed by atoms with E-state index in [2.05, 4.69) is 31.1 Å². The Labute approximate surface area is 120 Å². The molecule has 3 rings (SSSR count). The fraction of sp³-hybridized carbons (Fsp3) is 0.154. The summed E-state index contributed by atoms with van der Waals surface area (Å²) in [6.07, 6.45) is 0.320. The van der Waals surface area contributed by atoms with E-state index in [1.54, 1.807) is 13.0 Å². The second-order valence-electron chi connectivity index (χ2n) is 4.40. The molecule has 0 aliphatic rings. The standard InChI is InChI=1S/C13H9BrFN3O2/c1-6-2-7(18-20-6)3-12-16-11-5-10(15)9(14)4-8(11)13(19)17-12/h2,4-5H,3H2,1H3,(H,16,17,19). The van der Waals surface area contributed by atoms with Gasteiger partial charge in [-0.25, -0.2) is 9.37 Å². The van der Waals surface area contributed by atoms with Crippen molar-refractivity contribution in [2.24, 2.45) is 0 Å². The predicted molar refractivity (Wildman–Crippen MR) is 74.1 cm³/mol. The van der Waals surface area contributed by atoms with Gasteiger partial charge >= 0.3 is 0 Å². The van der Waals surface area contributed by atoms with Crippen LogP contribution in [0.2, 0.25) is 0 Å². The monoisotopic (exact) mass is 337 g/mol. The molecule has 0 aliphatic carbocycles. The summed E-state index contributed by atoms with van der Waals surface area (Å²) in [5.41, 5.74) is 0.651. The molecule has 2 heterocycles. The van der Waals surface area contributed by atoms with Crippen LogP contribution in [0.3, 0.4) is 0 Å². The van der Waals surface area contributed by atoms with Crippen molar-refractivity contribution in [2.75, 3.05) is 0 Å². The Morgan fingerprint density at radius 3 is 2.90 bits per heavy atom. The van der Waals surface area contributed by atoms with E-state index in [1.807, 2.05) is 0 Å². The molecule has 0 saturated carbocycles. The average Bonchev–Trinajstić information content (AvgIpc) is 2.77. The normalized spacial score (nSPS) is 11.2. The number of hydrogen-bond acceptors (Lipinski definition) is 4. The highest BCUT2D eigenvalue weighted by Crippen LogP contribution is 2.20. The first-order chi connectivity index (χ1) is 9.52. The van der Waals surface area contributed by atoms with Crippen molar-refractivity contribution >= 4 is 26.8 Å². The molecular weight excluding hydrogens is 329 g/mol. The fourth-order valence-corrected chi connectivity index (χ4v) is 2.28. The molecule has 0 bridgehead atoms. The molecule has 1 aromatic carbocycles. The molecule has 2 aromatic heterocycles. The lowest BCUT2D eigenvalue weighted by Crippen LogP contribution is -2.12. The highest BCUT2D eigenvalue weighted by Gasteiger charge is 2.10. The Hall–Kier alpha value is -2.02. The minimum Gasteiger partial charge on any atom is -0.361 e. The summed E-state index contributed by atoms with van der Waals surface area (Å²) >= 11 is 3.05. The van der Waals surface area contributed by atoms with E-state index in [0.29, 0.717) is 34.6 Å². The third-order valence-corrected chi connectivity index (χ3v) is 3.43. The zero-order valence-corrected chi connectivity index (χ0v) is 12.0. The molecule has 7 heteroatoms. The summed E-state index contributed by atoms with van der Waals surface area (Å²) in [5.74, 6) is 0.634. The van der Waals surface area contributed by atoms with Gasteiger partial charge in [0.15, 0.2) is 0 Å². The summed E-state index contributed by atoms with van der Waals surface area (Å²) in [6.45, 7) is 1.78. The predicted octanol–water partition coefficient (Wildman–Crippen LogP) is 2.71. The van der Waals surface area contributed by atoms with Gasteiger partial charge in [-0.1, -0.05) is 5.16 Å². The van der Waals surface area contributed by atoms with Crippen molar-refractivity contribution < 1.29 is 8.91 Å². The molecule has 0 radical (unpaired) electrons. The number of hydrogen-bond donors (Lipinski definition) is 1. The summed E-state index contributed by atoms with van der Waals surface area (Å²) in [5, 5.41) is 4.17. The van der Waals surface area contributed by atoms with Crippen LogP contribution in [-0.4, -0.2) is 15.1 Å². The van der Waals surface area contributed by atoms with Gasteiger partial charge in [-0.3, -0.25) is 4.79 Å². The number of nitrogens with one attached hydrogen (secondary N) is 1. The van der Waals surface area contributed by atoms with Crippen LogP contribution in [0.15, 0.2) is 32.0 Å². The number of aryl methyl sites for hydroxylation is 1. The van der Waals surface area contributed by atoms with Gasteiger partial charge in [0.25, 0.3) is 5.56 Å². The first-order valence-corrected chi connectivity index (χ1v) is 6.62. The van der Waals surface area contributed by atoms with Crippen LogP contribution in [0, 0.1) is 12.7 Å². The maximum absolute atomic E-state index is 13.5. The van der Waals surface area contributed by atoms with Crippen LogP contribution in [0.1, 0.15) is 17.3 Å². The van der Waals surface area contributed by atoms with Gasteiger partial charge in [0, 0.05) is 12.1 Å². The summed E-state index contributed by atoms with van der Waals surface area (Å²) < 4.78 is 18.7. The summed E-state index contributed by atoms with van der Waals surface area (Å²) in [4.78, 5) is 18.9. The van der Waals surface area contributed by atoms with Gasteiger partial charge in [-0.2, -0.15) is 0 Å². The third kappa shape index (κ3) is 2.36. The number of halogens is 2. The molecule has 0 amide bonds. The van der Waals surface area contributed by atoms with Crippen molar-refractivity contribution in [2.45, 2.75) is 13.3 Å². The molecule has 102 valence electrons. The van der Waals surface area contributed by atoms with Crippen LogP contribution in [0.4, 0.5) is 4.39 Å². The molecule has 0 unspecified atom stereocenters. The fourth-order valence-electron chi connectivity index (χ4n) is 1.94. The van der Waals surface area contributed by atoms with Crippen LogP contribution in [0.5, 0.6) is 0 Å². The van der Waals surface area contributed by atoms with E-state index in [0.717, 1.165) is 0 Å². The van der Waals surface area contributed by atoms with E-state index < -0.39 is 5.82 Å². The number of nitrogens with zero attached hydrogens (tertiary/aromatic N) is 2. The Morgan fingerprint density at radius 1 is 1.40 bits per heavy atom. The highest BCUT2D eigenvalue weighted by atomic mass is 79.9. The maximum atomic E-state index is 13.5. The maximum Gasteiger partial charge on any atom is 0.258 e. The van der Waals surface area contributed by atoms with E-state index in [4.69, 9.17) is 4.52 Å². The molecule has 20 heavy (non-hydrogen) atoms. The third-order valence-electron chi connectivity index (χ3n) is 2.82. The van der Waals surface area contributed by atoms with E-state index >= 15 is 0 Å². The van der Waals surface area contributed by atoms with Crippen molar-refractivity contribution in [1.82, 2.24) is 15.1 Å². The highest BCUT2D eigenvalue weighted by molar-refractivity contribution is 9.10. The molecule has 5 nitrogen and oxygen atoms in total. The van der Waals surface area contributed by atoms with Gasteiger partial charge < -0.3 is 9.51 Å². The van der Waals surface area contributed by atoms with Crippen LogP contribution >= 0.6 is 15.9 Å². The minimum absolute atomic E-state index is 0.233. The van der Waals surface area contributed by atoms with Crippen LogP contribution < -0.4 is 5.56 Å². The lowest BCUT2D eigenvalue weighted by atomic mass is 10.2. The topological polar surface area (TPSA) is 71.8 Å². The lowest BCUT2D eigenvalue weighted by Gasteiger charge is -2.02. The zero-order chi connectivity index (χ0) is 14.3. The number of aromatic amines is 1. The lowest BCUT2D eigenvalue weighted by molar-refractivity contribution is 0.391. The first kappa shape index (κ1) is 13.0. The Kier molecular flexibility index (Phi) is 3.13.